The summed E-state index contributed by atoms with van der Waals surface area (Å²) in [4.78, 5) is 12.1. The first kappa shape index (κ1) is 19.7. The van der Waals surface area contributed by atoms with E-state index < -0.39 is 0 Å². The van der Waals surface area contributed by atoms with Gasteiger partial charge in [0, 0.05) is 0 Å². The molecule has 0 radical (unpaired) electrons. The van der Waals surface area contributed by atoms with Gasteiger partial charge in [-0.2, -0.15) is 5.10 Å². The minimum atomic E-state index is -0.328. The summed E-state index contributed by atoms with van der Waals surface area (Å²) in [5, 5.41) is 12.5. The standard InChI is InChI=1S/C21H18ClN5O3/c1-14-5-4-6-17(22)21(14)29-13-16-10-9-15(30-16)11-23-25-20(28)12-27-19-8-3-2-7-18(19)24-26-27/h2-11H,12-13H2,1H3,(H,25,28)/b23-11-. The predicted molar refractivity (Wildman–Crippen MR) is 112 cm³/mol. The van der Waals surface area contributed by atoms with Gasteiger partial charge in [-0.3, -0.25) is 4.79 Å². The number of furan rings is 1. The highest BCUT2D eigenvalue weighted by Gasteiger charge is 2.09. The first-order chi connectivity index (χ1) is 14.6. The molecular weight excluding hydrogens is 406 g/mol. The van der Waals surface area contributed by atoms with Crippen LogP contribution in [0.1, 0.15) is 17.1 Å². The van der Waals surface area contributed by atoms with Crippen LogP contribution in [0.15, 0.2) is 64.1 Å². The summed E-state index contributed by atoms with van der Waals surface area (Å²) < 4.78 is 12.9. The van der Waals surface area contributed by atoms with Crippen molar-refractivity contribution in [1.29, 1.82) is 0 Å². The van der Waals surface area contributed by atoms with Crippen molar-refractivity contribution in [1.82, 2.24) is 20.4 Å². The molecule has 0 unspecified atom stereocenters. The van der Waals surface area contributed by atoms with E-state index in [1.165, 1.54) is 10.9 Å². The third-order valence-corrected chi connectivity index (χ3v) is 4.60. The van der Waals surface area contributed by atoms with Gasteiger partial charge in [-0.1, -0.05) is 41.1 Å². The van der Waals surface area contributed by atoms with Gasteiger partial charge in [0.15, 0.2) is 0 Å². The molecular formula is C21H18ClN5O3. The lowest BCUT2D eigenvalue weighted by atomic mass is 10.2. The minimum absolute atomic E-state index is 0.00623. The highest BCUT2D eigenvalue weighted by Crippen LogP contribution is 2.28. The molecule has 1 amide bonds. The molecule has 0 aliphatic carbocycles. The van der Waals surface area contributed by atoms with Gasteiger partial charge in [-0.15, -0.1) is 5.10 Å². The van der Waals surface area contributed by atoms with Gasteiger partial charge in [0.25, 0.3) is 5.91 Å². The van der Waals surface area contributed by atoms with Gasteiger partial charge in [0.05, 0.1) is 16.8 Å². The van der Waals surface area contributed by atoms with Crippen LogP contribution in [0.3, 0.4) is 0 Å². The third kappa shape index (κ3) is 4.49. The average Bonchev–Trinajstić information content (AvgIpc) is 3.35. The van der Waals surface area contributed by atoms with Crippen LogP contribution in [-0.2, 0) is 17.9 Å². The second kappa shape index (κ2) is 8.79. The summed E-state index contributed by atoms with van der Waals surface area (Å²) in [5.74, 6) is 1.39. The maximum Gasteiger partial charge on any atom is 0.261 e. The van der Waals surface area contributed by atoms with Gasteiger partial charge in [-0.05, 0) is 42.8 Å². The summed E-state index contributed by atoms with van der Waals surface area (Å²) in [6.07, 6.45) is 1.42. The molecule has 4 aromatic rings. The Kier molecular flexibility index (Phi) is 5.76. The fraction of sp³-hybridized carbons (Fsp3) is 0.143. The second-order valence-electron chi connectivity index (χ2n) is 6.51. The van der Waals surface area contributed by atoms with Crippen molar-refractivity contribution < 1.29 is 13.9 Å². The van der Waals surface area contributed by atoms with E-state index in [1.807, 2.05) is 43.3 Å². The molecule has 0 spiro atoms. The number of aromatic nitrogens is 3. The number of carbonyl (C=O) groups excluding carboxylic acids is 1. The molecule has 30 heavy (non-hydrogen) atoms. The van der Waals surface area contributed by atoms with Crippen LogP contribution in [0.4, 0.5) is 0 Å². The van der Waals surface area contributed by atoms with Gasteiger partial charge in [0.2, 0.25) is 0 Å². The van der Waals surface area contributed by atoms with Crippen LogP contribution in [0.5, 0.6) is 5.75 Å². The van der Waals surface area contributed by atoms with Crippen molar-refractivity contribution in [2.24, 2.45) is 5.10 Å². The maximum atomic E-state index is 12.1. The van der Waals surface area contributed by atoms with Crippen LogP contribution < -0.4 is 10.2 Å². The zero-order valence-electron chi connectivity index (χ0n) is 16.1. The Morgan fingerprint density at radius 2 is 2.10 bits per heavy atom. The number of amides is 1. The Balaban J connectivity index is 1.30. The van der Waals surface area contributed by atoms with E-state index in [0.29, 0.717) is 22.3 Å². The lowest BCUT2D eigenvalue weighted by Gasteiger charge is -2.09. The Bertz CT molecular complexity index is 1190. The number of nitrogens with zero attached hydrogens (tertiary/aromatic N) is 4. The first-order valence-electron chi connectivity index (χ1n) is 9.17. The molecule has 2 aromatic carbocycles. The number of halogens is 1. The van der Waals surface area contributed by atoms with Crippen molar-refractivity contribution in [3.8, 4) is 5.75 Å². The fourth-order valence-corrected chi connectivity index (χ4v) is 3.13. The van der Waals surface area contributed by atoms with Gasteiger partial charge in [0.1, 0.15) is 35.9 Å². The number of hydrogen-bond donors (Lipinski definition) is 1. The molecule has 0 aliphatic heterocycles. The Morgan fingerprint density at radius 3 is 2.97 bits per heavy atom. The largest absolute Gasteiger partial charge is 0.484 e. The number of benzene rings is 2. The molecule has 2 aromatic heterocycles. The summed E-state index contributed by atoms with van der Waals surface area (Å²) in [5.41, 5.74) is 4.90. The van der Waals surface area contributed by atoms with E-state index in [2.05, 4.69) is 20.8 Å². The number of ether oxygens (including phenoxy) is 1. The van der Waals surface area contributed by atoms with E-state index in [1.54, 1.807) is 18.2 Å². The smallest absolute Gasteiger partial charge is 0.261 e. The molecule has 1 N–H and O–H groups in total. The molecule has 9 heteroatoms. The van der Waals surface area contributed by atoms with Crippen LogP contribution in [0.25, 0.3) is 11.0 Å². The maximum absolute atomic E-state index is 12.1. The molecule has 0 fully saturated rings. The topological polar surface area (TPSA) is 94.5 Å². The number of hydrogen-bond acceptors (Lipinski definition) is 6. The van der Waals surface area contributed by atoms with Crippen molar-refractivity contribution >= 4 is 34.8 Å². The van der Waals surface area contributed by atoms with Crippen LogP contribution in [0.2, 0.25) is 5.02 Å². The van der Waals surface area contributed by atoms with E-state index >= 15 is 0 Å². The second-order valence-corrected chi connectivity index (χ2v) is 6.91. The summed E-state index contributed by atoms with van der Waals surface area (Å²) in [7, 11) is 0. The number of nitrogens with one attached hydrogen (secondary N) is 1. The molecule has 0 saturated carbocycles. The van der Waals surface area contributed by atoms with Crippen LogP contribution in [-0.4, -0.2) is 27.1 Å². The van der Waals surface area contributed by atoms with Gasteiger partial charge in [-0.25, -0.2) is 10.1 Å². The summed E-state index contributed by atoms with van der Waals surface area (Å²) >= 11 is 6.15. The van der Waals surface area contributed by atoms with Gasteiger partial charge < -0.3 is 9.15 Å². The van der Waals surface area contributed by atoms with Crippen molar-refractivity contribution in [2.45, 2.75) is 20.1 Å². The number of fused-ring (bicyclic) bond motifs is 1. The van der Waals surface area contributed by atoms with Crippen LogP contribution in [0, 0.1) is 6.92 Å². The van der Waals surface area contributed by atoms with Crippen molar-refractivity contribution in [2.75, 3.05) is 0 Å². The zero-order chi connectivity index (χ0) is 20.9. The number of para-hydroxylation sites is 2. The minimum Gasteiger partial charge on any atom is -0.484 e. The number of hydrazone groups is 1. The number of aryl methyl sites for hydroxylation is 1. The quantitative estimate of drug-likeness (QED) is 0.361. The highest BCUT2D eigenvalue weighted by molar-refractivity contribution is 6.32. The van der Waals surface area contributed by atoms with Gasteiger partial charge >= 0.3 is 0 Å². The first-order valence-corrected chi connectivity index (χ1v) is 9.55. The molecule has 0 bridgehead atoms. The molecule has 0 atom stereocenters. The molecule has 2 heterocycles. The molecule has 8 nitrogen and oxygen atoms in total. The number of rotatable bonds is 7. The Labute approximate surface area is 177 Å². The summed E-state index contributed by atoms with van der Waals surface area (Å²) in [6, 6.07) is 16.5. The Hall–Kier alpha value is -3.65. The predicted octanol–water partition coefficient (Wildman–Crippen LogP) is 3.72. The van der Waals surface area contributed by atoms with E-state index in [4.69, 9.17) is 20.8 Å². The van der Waals surface area contributed by atoms with E-state index in [0.717, 1.165) is 16.6 Å². The van der Waals surface area contributed by atoms with E-state index in [-0.39, 0.29) is 19.1 Å². The average molecular weight is 424 g/mol. The molecule has 0 saturated heterocycles. The number of carbonyl (C=O) groups is 1. The fourth-order valence-electron chi connectivity index (χ4n) is 2.86. The van der Waals surface area contributed by atoms with Crippen molar-refractivity contribution in [3.63, 3.8) is 0 Å². The SMILES string of the molecule is Cc1cccc(Cl)c1OCc1ccc(/C=N\NC(=O)Cn2nnc3ccccc32)o1. The molecule has 152 valence electrons. The van der Waals surface area contributed by atoms with E-state index in [9.17, 15) is 4.79 Å². The lowest BCUT2D eigenvalue weighted by molar-refractivity contribution is -0.121. The monoisotopic (exact) mass is 423 g/mol. The lowest BCUT2D eigenvalue weighted by Crippen LogP contribution is -2.23. The van der Waals surface area contributed by atoms with Crippen molar-refractivity contribution in [3.05, 3.63) is 76.7 Å². The highest BCUT2D eigenvalue weighted by atomic mass is 35.5. The third-order valence-electron chi connectivity index (χ3n) is 4.30. The molecule has 0 aliphatic rings. The van der Waals surface area contributed by atoms with Crippen LogP contribution >= 0.6 is 11.6 Å². The Morgan fingerprint density at radius 1 is 1.23 bits per heavy atom. The normalized spacial score (nSPS) is 11.3. The summed E-state index contributed by atoms with van der Waals surface area (Å²) in [6.45, 7) is 2.16. The molecule has 4 rings (SSSR count). The zero-order valence-corrected chi connectivity index (χ0v) is 16.8.